The zero-order chi connectivity index (χ0) is 21.9. The van der Waals surface area contributed by atoms with Crippen LogP contribution in [0.2, 0.25) is 0 Å². The first-order valence-electron chi connectivity index (χ1n) is 10.6. The van der Waals surface area contributed by atoms with Crippen LogP contribution < -0.4 is 10.6 Å². The van der Waals surface area contributed by atoms with Gasteiger partial charge in [-0.05, 0) is 38.1 Å². The molecule has 8 heteroatoms. The predicted octanol–water partition coefficient (Wildman–Crippen LogP) is 2.65. The van der Waals surface area contributed by atoms with Gasteiger partial charge in [0.2, 0.25) is 0 Å². The normalized spacial score (nSPS) is 13.2. The molecule has 0 aliphatic rings. The molecule has 174 valence electrons. The van der Waals surface area contributed by atoms with E-state index in [4.69, 9.17) is 28.4 Å². The minimum atomic E-state index is 0.102. The van der Waals surface area contributed by atoms with Crippen LogP contribution in [0.1, 0.15) is 13.8 Å². The summed E-state index contributed by atoms with van der Waals surface area (Å²) in [5, 5.41) is 6.77. The smallest absolute Gasteiger partial charge is 0.0720 e. The molecule has 2 N–H and O–H groups in total. The van der Waals surface area contributed by atoms with Crippen LogP contribution in [0.5, 0.6) is 0 Å². The van der Waals surface area contributed by atoms with Crippen LogP contribution in [0.25, 0.3) is 0 Å². The van der Waals surface area contributed by atoms with E-state index in [0.717, 1.165) is 24.5 Å². The van der Waals surface area contributed by atoms with Crippen LogP contribution in [0, 0.1) is 0 Å². The minimum Gasteiger partial charge on any atom is -0.382 e. The van der Waals surface area contributed by atoms with E-state index < -0.39 is 0 Å². The maximum Gasteiger partial charge on any atom is 0.0720 e. The molecule has 0 amide bonds. The summed E-state index contributed by atoms with van der Waals surface area (Å²) in [6.07, 6.45) is 0.204. The van der Waals surface area contributed by atoms with Crippen molar-refractivity contribution in [3.63, 3.8) is 0 Å². The largest absolute Gasteiger partial charge is 0.382 e. The second kappa shape index (κ2) is 18.4. The SMILES string of the molecule is COCCOCCO[C@H](C)CNc1ccc(NC[C@@H](C)OCCOCCOC)cc1. The van der Waals surface area contributed by atoms with Crippen LogP contribution in [0.4, 0.5) is 11.4 Å². The number of rotatable bonds is 20. The van der Waals surface area contributed by atoms with E-state index in [1.807, 2.05) is 13.8 Å². The highest BCUT2D eigenvalue weighted by atomic mass is 16.5. The van der Waals surface area contributed by atoms with Gasteiger partial charge >= 0.3 is 0 Å². The molecule has 0 aliphatic heterocycles. The monoisotopic (exact) mass is 428 g/mol. The van der Waals surface area contributed by atoms with Gasteiger partial charge in [-0.2, -0.15) is 0 Å². The van der Waals surface area contributed by atoms with E-state index in [1.54, 1.807) is 14.2 Å². The molecule has 0 saturated heterocycles. The molecule has 1 aromatic carbocycles. The average molecular weight is 429 g/mol. The molecule has 2 atom stereocenters. The summed E-state index contributed by atoms with van der Waals surface area (Å²) < 4.78 is 32.1. The molecular formula is C22H40N2O6. The Kier molecular flexibility index (Phi) is 16.3. The molecule has 0 fully saturated rings. The van der Waals surface area contributed by atoms with Crippen LogP contribution in [-0.4, -0.2) is 92.4 Å². The van der Waals surface area contributed by atoms with Crippen molar-refractivity contribution in [1.29, 1.82) is 0 Å². The Balaban J connectivity index is 2.10. The van der Waals surface area contributed by atoms with Crippen LogP contribution in [0.15, 0.2) is 24.3 Å². The Morgan fingerprint density at radius 1 is 0.600 bits per heavy atom. The zero-order valence-electron chi connectivity index (χ0n) is 19.0. The van der Waals surface area contributed by atoms with Crippen molar-refractivity contribution in [2.75, 3.05) is 90.8 Å². The van der Waals surface area contributed by atoms with Crippen LogP contribution in [0.3, 0.4) is 0 Å². The van der Waals surface area contributed by atoms with Gasteiger partial charge in [-0.3, -0.25) is 0 Å². The maximum atomic E-state index is 5.72. The first kappa shape index (κ1) is 26.6. The predicted molar refractivity (Wildman–Crippen MR) is 120 cm³/mol. The third-order valence-corrected chi connectivity index (χ3v) is 4.20. The number of hydrogen-bond donors (Lipinski definition) is 2. The standard InChI is InChI=1S/C22H40N2O6/c1-19(29-15-13-27-11-9-25-3)17-23-21-5-7-22(8-6-21)24-18-20(2)30-16-14-28-12-10-26-4/h5-8,19-20,23-24H,9-18H2,1-4H3/t19-,20-/m1/s1. The molecule has 0 aliphatic carbocycles. The molecule has 0 aromatic heterocycles. The Bertz CT molecular complexity index is 458. The Hall–Kier alpha value is -1.42. The minimum absolute atomic E-state index is 0.102. The molecule has 1 rings (SSSR count). The van der Waals surface area contributed by atoms with Gasteiger partial charge in [-0.15, -0.1) is 0 Å². The maximum absolute atomic E-state index is 5.72. The first-order valence-corrected chi connectivity index (χ1v) is 10.6. The lowest BCUT2D eigenvalue weighted by Gasteiger charge is -2.16. The van der Waals surface area contributed by atoms with Crippen molar-refractivity contribution in [2.45, 2.75) is 26.1 Å². The molecule has 30 heavy (non-hydrogen) atoms. The van der Waals surface area contributed by atoms with Crippen LogP contribution >= 0.6 is 0 Å². The van der Waals surface area contributed by atoms with Crippen LogP contribution in [-0.2, 0) is 28.4 Å². The fourth-order valence-corrected chi connectivity index (χ4v) is 2.45. The summed E-state index contributed by atoms with van der Waals surface area (Å²) in [5.74, 6) is 0. The van der Waals surface area contributed by atoms with Gasteiger partial charge in [0.1, 0.15) is 0 Å². The molecule has 0 radical (unpaired) electrons. The summed E-state index contributed by atoms with van der Waals surface area (Å²) >= 11 is 0. The summed E-state index contributed by atoms with van der Waals surface area (Å²) in [7, 11) is 3.32. The van der Waals surface area contributed by atoms with Crippen molar-refractivity contribution < 1.29 is 28.4 Å². The number of benzene rings is 1. The average Bonchev–Trinajstić information content (AvgIpc) is 2.76. The third-order valence-electron chi connectivity index (χ3n) is 4.20. The molecule has 1 aromatic rings. The number of methoxy groups -OCH3 is 2. The topological polar surface area (TPSA) is 79.4 Å². The fraction of sp³-hybridized carbons (Fsp3) is 0.727. The number of anilines is 2. The van der Waals surface area contributed by atoms with Gasteiger partial charge in [0.05, 0.1) is 65.1 Å². The van der Waals surface area contributed by atoms with Gasteiger partial charge in [0, 0.05) is 38.7 Å². The highest BCUT2D eigenvalue weighted by Crippen LogP contribution is 2.14. The zero-order valence-corrected chi connectivity index (χ0v) is 19.0. The molecule has 0 bridgehead atoms. The van der Waals surface area contributed by atoms with Crippen molar-refractivity contribution >= 4 is 11.4 Å². The fourth-order valence-electron chi connectivity index (χ4n) is 2.45. The first-order chi connectivity index (χ1) is 14.7. The van der Waals surface area contributed by atoms with Gasteiger partial charge < -0.3 is 39.1 Å². The second-order valence-electron chi connectivity index (χ2n) is 6.91. The van der Waals surface area contributed by atoms with E-state index in [-0.39, 0.29) is 12.2 Å². The van der Waals surface area contributed by atoms with Gasteiger partial charge in [0.15, 0.2) is 0 Å². The summed E-state index contributed by atoms with van der Waals surface area (Å²) in [4.78, 5) is 0. The van der Waals surface area contributed by atoms with Crippen molar-refractivity contribution in [1.82, 2.24) is 0 Å². The highest BCUT2D eigenvalue weighted by Gasteiger charge is 2.04. The summed E-state index contributed by atoms with van der Waals surface area (Å²) in [6.45, 7) is 10.3. The van der Waals surface area contributed by atoms with Crippen molar-refractivity contribution in [3.8, 4) is 0 Å². The third kappa shape index (κ3) is 14.5. The lowest BCUT2D eigenvalue weighted by Crippen LogP contribution is -2.22. The molecule has 0 heterocycles. The number of ether oxygens (including phenoxy) is 6. The van der Waals surface area contributed by atoms with Crippen molar-refractivity contribution in [2.24, 2.45) is 0 Å². The molecule has 0 saturated carbocycles. The van der Waals surface area contributed by atoms with E-state index in [9.17, 15) is 0 Å². The van der Waals surface area contributed by atoms with E-state index >= 15 is 0 Å². The summed E-state index contributed by atoms with van der Waals surface area (Å²) in [5.41, 5.74) is 2.12. The molecule has 0 spiro atoms. The molecular weight excluding hydrogens is 388 g/mol. The lowest BCUT2D eigenvalue weighted by atomic mass is 10.2. The Morgan fingerprint density at radius 3 is 1.33 bits per heavy atom. The van der Waals surface area contributed by atoms with Gasteiger partial charge in [0.25, 0.3) is 0 Å². The molecule has 0 unspecified atom stereocenters. The second-order valence-corrected chi connectivity index (χ2v) is 6.91. The lowest BCUT2D eigenvalue weighted by molar-refractivity contribution is 0.00351. The summed E-state index contributed by atoms with van der Waals surface area (Å²) in [6, 6.07) is 8.21. The van der Waals surface area contributed by atoms with E-state index in [1.165, 1.54) is 0 Å². The number of hydrogen-bond acceptors (Lipinski definition) is 8. The van der Waals surface area contributed by atoms with E-state index in [2.05, 4.69) is 34.9 Å². The van der Waals surface area contributed by atoms with E-state index in [0.29, 0.717) is 52.9 Å². The number of nitrogens with one attached hydrogen (secondary N) is 2. The van der Waals surface area contributed by atoms with Crippen molar-refractivity contribution in [3.05, 3.63) is 24.3 Å². The Morgan fingerprint density at radius 2 is 0.967 bits per heavy atom. The Labute approximate surface area is 181 Å². The van der Waals surface area contributed by atoms with Gasteiger partial charge in [-0.25, -0.2) is 0 Å². The quantitative estimate of drug-likeness (QED) is 0.307. The van der Waals surface area contributed by atoms with Gasteiger partial charge in [-0.1, -0.05) is 0 Å². The molecule has 8 nitrogen and oxygen atoms in total. The highest BCUT2D eigenvalue weighted by molar-refractivity contribution is 5.53.